The molecule has 1 aliphatic heterocycles. The number of anilines is 1. The van der Waals surface area contributed by atoms with Crippen molar-refractivity contribution in [1.82, 2.24) is 9.80 Å². The fraction of sp³-hybridized carbons (Fsp3) is 0.286. The minimum atomic E-state index is -0.909. The highest BCUT2D eigenvalue weighted by atomic mass is 16.5. The van der Waals surface area contributed by atoms with Gasteiger partial charge in [-0.05, 0) is 74.5 Å². The van der Waals surface area contributed by atoms with E-state index < -0.39 is 5.97 Å². The zero-order valence-electron chi connectivity index (χ0n) is 19.9. The Morgan fingerprint density at radius 2 is 1.69 bits per heavy atom. The van der Waals surface area contributed by atoms with Gasteiger partial charge in [0.15, 0.2) is 0 Å². The summed E-state index contributed by atoms with van der Waals surface area (Å²) in [6, 6.07) is 24.3. The number of amides is 1. The van der Waals surface area contributed by atoms with Crippen molar-refractivity contribution in [2.45, 2.75) is 25.4 Å². The summed E-state index contributed by atoms with van der Waals surface area (Å²) in [6.45, 7) is 2.52. The Kier molecular flexibility index (Phi) is 8.13. The van der Waals surface area contributed by atoms with Gasteiger partial charge in [0.05, 0.1) is 12.1 Å². The summed E-state index contributed by atoms with van der Waals surface area (Å²) < 4.78 is 5.80. The third kappa shape index (κ3) is 6.91. The van der Waals surface area contributed by atoms with E-state index >= 15 is 0 Å². The fourth-order valence-corrected chi connectivity index (χ4v) is 4.51. The summed E-state index contributed by atoms with van der Waals surface area (Å²) in [5.41, 5.74) is 1.86. The van der Waals surface area contributed by atoms with Crippen LogP contribution in [0.4, 0.5) is 5.69 Å². The summed E-state index contributed by atoms with van der Waals surface area (Å²) in [5.74, 6) is 0.516. The molecule has 4 rings (SSSR count). The first-order valence-electron chi connectivity index (χ1n) is 11.8. The van der Waals surface area contributed by atoms with Crippen LogP contribution in [0.15, 0.2) is 78.9 Å². The zero-order chi connectivity index (χ0) is 24.6. The SMILES string of the molecule is CN(Cc1ccccc1C(=O)O)C[C@@H]1CCCN1CC(=O)Nc1ccc(Oc2ccccc2)cc1. The molecule has 3 aromatic rings. The average molecular weight is 474 g/mol. The Hall–Kier alpha value is -3.68. The molecule has 182 valence electrons. The van der Waals surface area contributed by atoms with Gasteiger partial charge in [0.2, 0.25) is 5.91 Å². The molecule has 1 amide bonds. The molecule has 1 atom stereocenters. The standard InChI is InChI=1S/C28H31N3O4/c1-30(18-21-8-5-6-12-26(21)28(33)34)19-23-9-7-17-31(23)20-27(32)29-22-13-15-25(16-14-22)35-24-10-3-2-4-11-24/h2-6,8,10-16,23H,7,9,17-20H2,1H3,(H,29,32)(H,33,34)/t23-/m0/s1. The van der Waals surface area contributed by atoms with Crippen LogP contribution in [-0.4, -0.2) is 59.5 Å². The van der Waals surface area contributed by atoms with Crippen LogP contribution in [0.5, 0.6) is 11.5 Å². The van der Waals surface area contributed by atoms with E-state index in [-0.39, 0.29) is 11.9 Å². The molecule has 1 fully saturated rings. The van der Waals surface area contributed by atoms with Crippen molar-refractivity contribution in [3.63, 3.8) is 0 Å². The Labute approximate surface area is 205 Å². The van der Waals surface area contributed by atoms with Gasteiger partial charge in [-0.3, -0.25) is 9.69 Å². The van der Waals surface area contributed by atoms with Crippen LogP contribution in [0, 0.1) is 0 Å². The van der Waals surface area contributed by atoms with Crippen molar-refractivity contribution in [3.05, 3.63) is 90.0 Å². The van der Waals surface area contributed by atoms with Gasteiger partial charge in [0, 0.05) is 24.8 Å². The lowest BCUT2D eigenvalue weighted by Gasteiger charge is -2.28. The van der Waals surface area contributed by atoms with Crippen LogP contribution in [-0.2, 0) is 11.3 Å². The third-order valence-corrected chi connectivity index (χ3v) is 6.17. The molecule has 0 bridgehead atoms. The number of carbonyl (C=O) groups excluding carboxylic acids is 1. The maximum Gasteiger partial charge on any atom is 0.336 e. The van der Waals surface area contributed by atoms with E-state index in [0.717, 1.165) is 42.9 Å². The molecule has 7 heteroatoms. The minimum absolute atomic E-state index is 0.0486. The minimum Gasteiger partial charge on any atom is -0.478 e. The average Bonchev–Trinajstić information content (AvgIpc) is 3.27. The Morgan fingerprint density at radius 1 is 1.00 bits per heavy atom. The first-order chi connectivity index (χ1) is 17.0. The van der Waals surface area contributed by atoms with Crippen molar-refractivity contribution >= 4 is 17.6 Å². The number of nitrogens with zero attached hydrogens (tertiary/aromatic N) is 2. The lowest BCUT2D eigenvalue weighted by Crippen LogP contribution is -2.42. The van der Waals surface area contributed by atoms with E-state index in [4.69, 9.17) is 4.74 Å². The largest absolute Gasteiger partial charge is 0.478 e. The van der Waals surface area contributed by atoms with E-state index in [1.807, 2.05) is 73.8 Å². The van der Waals surface area contributed by atoms with Gasteiger partial charge < -0.3 is 20.1 Å². The second kappa shape index (κ2) is 11.6. The number of carboxylic acid groups (broad SMARTS) is 1. The molecule has 3 aromatic carbocycles. The van der Waals surface area contributed by atoms with E-state index in [9.17, 15) is 14.7 Å². The number of likely N-dealkylation sites (N-methyl/N-ethyl adjacent to an activating group) is 1. The molecule has 7 nitrogen and oxygen atoms in total. The fourth-order valence-electron chi connectivity index (χ4n) is 4.51. The van der Waals surface area contributed by atoms with Crippen molar-refractivity contribution in [2.24, 2.45) is 0 Å². The first kappa shape index (κ1) is 24.4. The van der Waals surface area contributed by atoms with Gasteiger partial charge in [-0.25, -0.2) is 4.79 Å². The van der Waals surface area contributed by atoms with E-state index in [2.05, 4.69) is 15.1 Å². The van der Waals surface area contributed by atoms with Crippen LogP contribution in [0.25, 0.3) is 0 Å². The highest BCUT2D eigenvalue weighted by Crippen LogP contribution is 2.23. The van der Waals surface area contributed by atoms with Gasteiger partial charge in [-0.1, -0.05) is 36.4 Å². The molecule has 0 radical (unpaired) electrons. The quantitative estimate of drug-likeness (QED) is 0.444. The second-order valence-electron chi connectivity index (χ2n) is 8.91. The molecule has 35 heavy (non-hydrogen) atoms. The molecular weight excluding hydrogens is 442 g/mol. The number of nitrogens with one attached hydrogen (secondary N) is 1. The van der Waals surface area contributed by atoms with Crippen molar-refractivity contribution in [1.29, 1.82) is 0 Å². The molecule has 0 saturated carbocycles. The highest BCUT2D eigenvalue weighted by molar-refractivity contribution is 5.92. The van der Waals surface area contributed by atoms with E-state index in [0.29, 0.717) is 24.4 Å². The number of likely N-dealkylation sites (tertiary alicyclic amines) is 1. The molecule has 1 aliphatic rings. The number of rotatable bonds is 10. The molecule has 0 aliphatic carbocycles. The molecule has 1 saturated heterocycles. The molecule has 1 heterocycles. The topological polar surface area (TPSA) is 82.1 Å². The van der Waals surface area contributed by atoms with Crippen LogP contribution in [0.1, 0.15) is 28.8 Å². The molecule has 0 spiro atoms. The van der Waals surface area contributed by atoms with Crippen LogP contribution < -0.4 is 10.1 Å². The third-order valence-electron chi connectivity index (χ3n) is 6.17. The second-order valence-corrected chi connectivity index (χ2v) is 8.91. The van der Waals surface area contributed by atoms with Crippen molar-refractivity contribution < 1.29 is 19.4 Å². The monoisotopic (exact) mass is 473 g/mol. The number of carboxylic acids is 1. The number of benzene rings is 3. The van der Waals surface area contributed by atoms with Crippen LogP contribution in [0.2, 0.25) is 0 Å². The number of hydrogen-bond donors (Lipinski definition) is 2. The van der Waals surface area contributed by atoms with Crippen molar-refractivity contribution in [3.8, 4) is 11.5 Å². The normalized spacial score (nSPS) is 15.8. The van der Waals surface area contributed by atoms with Gasteiger partial charge in [0.1, 0.15) is 11.5 Å². The summed E-state index contributed by atoms with van der Waals surface area (Å²) in [5, 5.41) is 12.4. The number of ether oxygens (including phenoxy) is 1. The lowest BCUT2D eigenvalue weighted by molar-refractivity contribution is -0.117. The molecule has 0 unspecified atom stereocenters. The summed E-state index contributed by atoms with van der Waals surface area (Å²) in [7, 11) is 1.99. The maximum atomic E-state index is 12.7. The Morgan fingerprint density at radius 3 is 2.43 bits per heavy atom. The van der Waals surface area contributed by atoms with E-state index in [1.54, 1.807) is 12.1 Å². The van der Waals surface area contributed by atoms with Gasteiger partial charge in [0.25, 0.3) is 0 Å². The van der Waals surface area contributed by atoms with Gasteiger partial charge >= 0.3 is 5.97 Å². The summed E-state index contributed by atoms with van der Waals surface area (Å²) in [6.07, 6.45) is 2.06. The number of hydrogen-bond acceptors (Lipinski definition) is 5. The van der Waals surface area contributed by atoms with Gasteiger partial charge in [-0.15, -0.1) is 0 Å². The number of carbonyl (C=O) groups is 2. The highest BCUT2D eigenvalue weighted by Gasteiger charge is 2.27. The lowest BCUT2D eigenvalue weighted by atomic mass is 10.1. The first-order valence-corrected chi connectivity index (χ1v) is 11.8. The molecule has 2 N–H and O–H groups in total. The molecular formula is C28H31N3O4. The zero-order valence-corrected chi connectivity index (χ0v) is 19.9. The number of para-hydroxylation sites is 1. The summed E-state index contributed by atoms with van der Waals surface area (Å²) in [4.78, 5) is 28.6. The summed E-state index contributed by atoms with van der Waals surface area (Å²) >= 11 is 0. The van der Waals surface area contributed by atoms with Gasteiger partial charge in [-0.2, -0.15) is 0 Å². The van der Waals surface area contributed by atoms with E-state index in [1.165, 1.54) is 0 Å². The van der Waals surface area contributed by atoms with Crippen molar-refractivity contribution in [2.75, 3.05) is 32.0 Å². The Balaban J connectivity index is 1.28. The maximum absolute atomic E-state index is 12.7. The van der Waals surface area contributed by atoms with Crippen LogP contribution in [0.3, 0.4) is 0 Å². The predicted molar refractivity (Wildman–Crippen MR) is 136 cm³/mol. The predicted octanol–water partition coefficient (Wildman–Crippen LogP) is 4.71. The number of aromatic carboxylic acids is 1. The van der Waals surface area contributed by atoms with Crippen LogP contribution >= 0.6 is 0 Å². The molecule has 0 aromatic heterocycles. The Bertz CT molecular complexity index is 1130. The smallest absolute Gasteiger partial charge is 0.336 e.